The molecule has 0 saturated carbocycles. The van der Waals surface area contributed by atoms with Gasteiger partial charge in [-0.2, -0.15) is 11.8 Å². The van der Waals surface area contributed by atoms with Crippen molar-refractivity contribution in [2.75, 3.05) is 18.6 Å². The molecule has 1 rings (SSSR count). The van der Waals surface area contributed by atoms with Gasteiger partial charge in [-0.25, -0.2) is 0 Å². The van der Waals surface area contributed by atoms with E-state index in [1.54, 1.807) is 0 Å². The topological polar surface area (TPSA) is 24.9 Å². The molecule has 1 N–H and O–H groups in total. The van der Waals surface area contributed by atoms with E-state index in [9.17, 15) is 0 Å². The number of pyridine rings is 1. The standard InChI is InChI=1S/C12H20N2S/c1-11(12-5-8-13-9-6-12)14-7-3-4-10-15-2/h5-6,8-9,11,14H,3-4,7,10H2,1-2H3. The molecule has 0 radical (unpaired) electrons. The zero-order chi connectivity index (χ0) is 10.9. The van der Waals surface area contributed by atoms with E-state index in [1.807, 2.05) is 24.2 Å². The molecule has 0 spiro atoms. The molecular weight excluding hydrogens is 204 g/mol. The van der Waals surface area contributed by atoms with E-state index in [0.717, 1.165) is 6.54 Å². The average molecular weight is 224 g/mol. The van der Waals surface area contributed by atoms with Crippen LogP contribution in [-0.4, -0.2) is 23.5 Å². The van der Waals surface area contributed by atoms with Crippen LogP contribution in [0.25, 0.3) is 0 Å². The summed E-state index contributed by atoms with van der Waals surface area (Å²) in [5, 5.41) is 3.52. The Morgan fingerprint density at radius 1 is 1.33 bits per heavy atom. The van der Waals surface area contributed by atoms with Crippen LogP contribution in [0.15, 0.2) is 24.5 Å². The Morgan fingerprint density at radius 2 is 2.07 bits per heavy atom. The molecule has 0 saturated heterocycles. The van der Waals surface area contributed by atoms with E-state index >= 15 is 0 Å². The molecule has 0 aromatic carbocycles. The minimum absolute atomic E-state index is 0.433. The van der Waals surface area contributed by atoms with E-state index in [4.69, 9.17) is 0 Å². The molecule has 0 aliphatic heterocycles. The summed E-state index contributed by atoms with van der Waals surface area (Å²) < 4.78 is 0. The van der Waals surface area contributed by atoms with Crippen LogP contribution in [0.4, 0.5) is 0 Å². The molecular formula is C12H20N2S. The van der Waals surface area contributed by atoms with Crippen molar-refractivity contribution in [1.29, 1.82) is 0 Å². The second-order valence-electron chi connectivity index (χ2n) is 3.66. The fraction of sp³-hybridized carbons (Fsp3) is 0.583. The number of rotatable bonds is 7. The Bertz CT molecular complexity index is 251. The Hall–Kier alpha value is -0.540. The van der Waals surface area contributed by atoms with E-state index in [-0.39, 0.29) is 0 Å². The van der Waals surface area contributed by atoms with Crippen LogP contribution in [0, 0.1) is 0 Å². The van der Waals surface area contributed by atoms with Crippen LogP contribution in [0.2, 0.25) is 0 Å². The van der Waals surface area contributed by atoms with Gasteiger partial charge in [0.15, 0.2) is 0 Å². The molecule has 0 fully saturated rings. The Balaban J connectivity index is 2.16. The molecule has 1 atom stereocenters. The van der Waals surface area contributed by atoms with Crippen LogP contribution in [0.1, 0.15) is 31.4 Å². The number of unbranched alkanes of at least 4 members (excludes halogenated alkanes) is 1. The molecule has 3 heteroatoms. The lowest BCUT2D eigenvalue weighted by Gasteiger charge is -2.13. The van der Waals surface area contributed by atoms with Gasteiger partial charge in [-0.1, -0.05) is 0 Å². The third kappa shape index (κ3) is 5.19. The van der Waals surface area contributed by atoms with Crippen molar-refractivity contribution in [2.45, 2.75) is 25.8 Å². The Morgan fingerprint density at radius 3 is 2.73 bits per heavy atom. The number of nitrogens with zero attached hydrogens (tertiary/aromatic N) is 1. The smallest absolute Gasteiger partial charge is 0.0292 e. The first-order chi connectivity index (χ1) is 7.34. The zero-order valence-electron chi connectivity index (χ0n) is 9.57. The summed E-state index contributed by atoms with van der Waals surface area (Å²) in [6, 6.07) is 4.57. The van der Waals surface area contributed by atoms with E-state index in [0.29, 0.717) is 6.04 Å². The average Bonchev–Trinajstić information content (AvgIpc) is 2.30. The lowest BCUT2D eigenvalue weighted by molar-refractivity contribution is 0.555. The van der Waals surface area contributed by atoms with Gasteiger partial charge >= 0.3 is 0 Å². The van der Waals surface area contributed by atoms with Crippen molar-refractivity contribution in [2.24, 2.45) is 0 Å². The molecule has 1 heterocycles. The first kappa shape index (κ1) is 12.5. The predicted molar refractivity (Wildman–Crippen MR) is 68.3 cm³/mol. The highest BCUT2D eigenvalue weighted by atomic mass is 32.2. The van der Waals surface area contributed by atoms with Crippen LogP contribution in [0.5, 0.6) is 0 Å². The minimum Gasteiger partial charge on any atom is -0.310 e. The molecule has 2 nitrogen and oxygen atoms in total. The van der Waals surface area contributed by atoms with Gasteiger partial charge in [0.1, 0.15) is 0 Å². The molecule has 1 aromatic heterocycles. The molecule has 0 bridgehead atoms. The fourth-order valence-corrected chi connectivity index (χ4v) is 1.95. The molecule has 0 amide bonds. The Kier molecular flexibility index (Phi) is 6.44. The highest BCUT2D eigenvalue weighted by Crippen LogP contribution is 2.10. The van der Waals surface area contributed by atoms with Gasteiger partial charge in [0.2, 0.25) is 0 Å². The summed E-state index contributed by atoms with van der Waals surface area (Å²) in [7, 11) is 0. The highest BCUT2D eigenvalue weighted by molar-refractivity contribution is 7.98. The number of nitrogens with one attached hydrogen (secondary N) is 1. The van der Waals surface area contributed by atoms with Crippen molar-refractivity contribution in [3.8, 4) is 0 Å². The molecule has 1 aromatic rings. The van der Waals surface area contributed by atoms with Gasteiger partial charge in [-0.15, -0.1) is 0 Å². The summed E-state index contributed by atoms with van der Waals surface area (Å²) in [5.74, 6) is 1.27. The van der Waals surface area contributed by atoms with E-state index in [2.05, 4.69) is 35.6 Å². The van der Waals surface area contributed by atoms with Crippen molar-refractivity contribution in [3.05, 3.63) is 30.1 Å². The monoisotopic (exact) mass is 224 g/mol. The van der Waals surface area contributed by atoms with Gasteiger partial charge in [0.05, 0.1) is 0 Å². The molecule has 84 valence electrons. The van der Waals surface area contributed by atoms with Crippen LogP contribution < -0.4 is 5.32 Å². The largest absolute Gasteiger partial charge is 0.310 e. The van der Waals surface area contributed by atoms with Crippen LogP contribution in [-0.2, 0) is 0 Å². The SMILES string of the molecule is CSCCCCNC(C)c1ccncc1. The summed E-state index contributed by atoms with van der Waals surface area (Å²) in [4.78, 5) is 4.02. The van der Waals surface area contributed by atoms with E-state index in [1.165, 1.54) is 24.2 Å². The number of hydrogen-bond donors (Lipinski definition) is 1. The summed E-state index contributed by atoms with van der Waals surface area (Å²) in [5.41, 5.74) is 1.31. The minimum atomic E-state index is 0.433. The van der Waals surface area contributed by atoms with Gasteiger partial charge in [0, 0.05) is 18.4 Å². The van der Waals surface area contributed by atoms with Crippen molar-refractivity contribution >= 4 is 11.8 Å². The number of thioether (sulfide) groups is 1. The quantitative estimate of drug-likeness (QED) is 0.721. The summed E-state index contributed by atoms with van der Waals surface area (Å²) in [6.45, 7) is 3.30. The number of hydrogen-bond acceptors (Lipinski definition) is 3. The first-order valence-corrected chi connectivity index (χ1v) is 6.86. The van der Waals surface area contributed by atoms with Crippen LogP contribution >= 0.6 is 11.8 Å². The second-order valence-corrected chi connectivity index (χ2v) is 4.64. The van der Waals surface area contributed by atoms with Gasteiger partial charge in [0.25, 0.3) is 0 Å². The number of aromatic nitrogens is 1. The maximum absolute atomic E-state index is 4.02. The van der Waals surface area contributed by atoms with Crippen molar-refractivity contribution in [3.63, 3.8) is 0 Å². The van der Waals surface area contributed by atoms with Crippen LogP contribution in [0.3, 0.4) is 0 Å². The van der Waals surface area contributed by atoms with E-state index < -0.39 is 0 Å². The highest BCUT2D eigenvalue weighted by Gasteiger charge is 2.02. The third-order valence-electron chi connectivity index (χ3n) is 2.43. The van der Waals surface area contributed by atoms with Gasteiger partial charge in [-0.3, -0.25) is 4.98 Å². The van der Waals surface area contributed by atoms with Crippen molar-refractivity contribution < 1.29 is 0 Å². The van der Waals surface area contributed by atoms with Crippen molar-refractivity contribution in [1.82, 2.24) is 10.3 Å². The lowest BCUT2D eigenvalue weighted by atomic mass is 10.1. The molecule has 0 aliphatic carbocycles. The second kappa shape index (κ2) is 7.71. The first-order valence-electron chi connectivity index (χ1n) is 5.47. The summed E-state index contributed by atoms with van der Waals surface area (Å²) in [6.07, 6.45) is 8.42. The fourth-order valence-electron chi connectivity index (χ4n) is 1.46. The maximum atomic E-state index is 4.02. The summed E-state index contributed by atoms with van der Waals surface area (Å²) >= 11 is 1.92. The molecule has 0 aliphatic rings. The normalized spacial score (nSPS) is 12.7. The molecule has 1 unspecified atom stereocenters. The molecule has 15 heavy (non-hydrogen) atoms. The van der Waals surface area contributed by atoms with Gasteiger partial charge < -0.3 is 5.32 Å². The zero-order valence-corrected chi connectivity index (χ0v) is 10.4. The maximum Gasteiger partial charge on any atom is 0.0292 e. The third-order valence-corrected chi connectivity index (χ3v) is 3.13. The lowest BCUT2D eigenvalue weighted by Crippen LogP contribution is -2.19. The predicted octanol–water partition coefficient (Wildman–Crippen LogP) is 2.88. The van der Waals surface area contributed by atoms with Gasteiger partial charge in [-0.05, 0) is 56.0 Å². The Labute approximate surface area is 96.9 Å².